The second kappa shape index (κ2) is 6.43. The molecule has 1 unspecified atom stereocenters. The van der Waals surface area contributed by atoms with Crippen LogP contribution in [0.3, 0.4) is 0 Å². The minimum Gasteiger partial charge on any atom is -0.351 e. The molecule has 1 atom stereocenters. The van der Waals surface area contributed by atoms with Gasteiger partial charge in [-0.05, 0) is 31.6 Å². The van der Waals surface area contributed by atoms with Crippen LogP contribution < -0.4 is 5.32 Å². The molecule has 18 heavy (non-hydrogen) atoms. The van der Waals surface area contributed by atoms with E-state index in [0.29, 0.717) is 22.4 Å². The summed E-state index contributed by atoms with van der Waals surface area (Å²) in [6, 6.07) is 1.71. The first kappa shape index (κ1) is 13.7. The van der Waals surface area contributed by atoms with Crippen LogP contribution in [0.15, 0.2) is 12.3 Å². The molecule has 1 aromatic rings. The number of thioether (sulfide) groups is 1. The van der Waals surface area contributed by atoms with Gasteiger partial charge in [-0.3, -0.25) is 9.78 Å². The number of hydrogen-bond acceptors (Lipinski definition) is 3. The molecule has 2 rings (SSSR count). The van der Waals surface area contributed by atoms with Crippen LogP contribution in [0.1, 0.15) is 35.3 Å². The van der Waals surface area contributed by atoms with Crippen molar-refractivity contribution in [2.24, 2.45) is 0 Å². The Morgan fingerprint density at radius 1 is 1.61 bits per heavy atom. The van der Waals surface area contributed by atoms with Gasteiger partial charge in [0, 0.05) is 23.7 Å². The van der Waals surface area contributed by atoms with Crippen molar-refractivity contribution in [3.63, 3.8) is 0 Å². The van der Waals surface area contributed by atoms with E-state index >= 15 is 0 Å². The summed E-state index contributed by atoms with van der Waals surface area (Å²) < 4.78 is 0. The van der Waals surface area contributed by atoms with Crippen molar-refractivity contribution in [1.82, 2.24) is 10.3 Å². The van der Waals surface area contributed by atoms with Gasteiger partial charge < -0.3 is 5.32 Å². The zero-order valence-corrected chi connectivity index (χ0v) is 12.0. The number of hydrogen-bond donors (Lipinski definition) is 1. The summed E-state index contributed by atoms with van der Waals surface area (Å²) in [5.74, 6) is 1.08. The SMILES string of the molecule is Cc1cc(Cl)c(C(=O)NCC2CCCCS2)cn1. The number of nitrogens with one attached hydrogen (secondary N) is 1. The summed E-state index contributed by atoms with van der Waals surface area (Å²) in [4.78, 5) is 16.1. The molecule has 0 saturated carbocycles. The summed E-state index contributed by atoms with van der Waals surface area (Å²) >= 11 is 7.98. The Hall–Kier alpha value is -0.740. The number of nitrogens with zero attached hydrogens (tertiary/aromatic N) is 1. The fourth-order valence-corrected chi connectivity index (χ4v) is 3.49. The van der Waals surface area contributed by atoms with Crippen molar-refractivity contribution in [2.75, 3.05) is 12.3 Å². The third-order valence-corrected chi connectivity index (χ3v) is 4.71. The van der Waals surface area contributed by atoms with E-state index in [1.165, 1.54) is 25.0 Å². The molecule has 0 spiro atoms. The Balaban J connectivity index is 1.90. The number of halogens is 1. The van der Waals surface area contributed by atoms with Gasteiger partial charge in [0.15, 0.2) is 0 Å². The van der Waals surface area contributed by atoms with Crippen molar-refractivity contribution in [2.45, 2.75) is 31.4 Å². The molecule has 1 aliphatic heterocycles. The molecule has 1 aromatic heterocycles. The maximum atomic E-state index is 12.0. The van der Waals surface area contributed by atoms with Crippen LogP contribution in [0.2, 0.25) is 5.02 Å². The Morgan fingerprint density at radius 2 is 2.44 bits per heavy atom. The fourth-order valence-electron chi connectivity index (χ4n) is 1.96. The summed E-state index contributed by atoms with van der Waals surface area (Å²) in [6.45, 7) is 2.57. The van der Waals surface area contributed by atoms with Crippen molar-refractivity contribution in [1.29, 1.82) is 0 Å². The van der Waals surface area contributed by atoms with Gasteiger partial charge in [-0.2, -0.15) is 11.8 Å². The Kier molecular flexibility index (Phi) is 4.89. The lowest BCUT2D eigenvalue weighted by Gasteiger charge is -2.21. The lowest BCUT2D eigenvalue weighted by Crippen LogP contribution is -2.32. The van der Waals surface area contributed by atoms with E-state index in [9.17, 15) is 4.79 Å². The zero-order valence-electron chi connectivity index (χ0n) is 10.4. The topological polar surface area (TPSA) is 42.0 Å². The highest BCUT2D eigenvalue weighted by molar-refractivity contribution is 7.99. The minimum absolute atomic E-state index is 0.126. The smallest absolute Gasteiger partial charge is 0.254 e. The molecule has 0 aliphatic carbocycles. The molecule has 1 N–H and O–H groups in total. The molecule has 5 heteroatoms. The van der Waals surface area contributed by atoms with Gasteiger partial charge >= 0.3 is 0 Å². The molecular weight excluding hydrogens is 268 g/mol. The maximum absolute atomic E-state index is 12.0. The molecule has 0 radical (unpaired) electrons. The van der Waals surface area contributed by atoms with Gasteiger partial charge in [-0.25, -0.2) is 0 Å². The second-order valence-electron chi connectivity index (χ2n) is 4.50. The summed E-state index contributed by atoms with van der Waals surface area (Å²) in [7, 11) is 0. The van der Waals surface area contributed by atoms with Gasteiger partial charge in [0.1, 0.15) is 0 Å². The van der Waals surface area contributed by atoms with Gasteiger partial charge in [0.05, 0.1) is 10.6 Å². The third kappa shape index (κ3) is 3.62. The van der Waals surface area contributed by atoms with Crippen molar-refractivity contribution in [3.05, 3.63) is 28.5 Å². The third-order valence-electron chi connectivity index (χ3n) is 3.00. The predicted molar refractivity (Wildman–Crippen MR) is 76.4 cm³/mol. The summed E-state index contributed by atoms with van der Waals surface area (Å²) in [5, 5.41) is 3.96. The first-order valence-electron chi connectivity index (χ1n) is 6.19. The number of amides is 1. The van der Waals surface area contributed by atoms with E-state index in [-0.39, 0.29) is 5.91 Å². The minimum atomic E-state index is -0.126. The van der Waals surface area contributed by atoms with E-state index in [1.54, 1.807) is 12.3 Å². The van der Waals surface area contributed by atoms with Crippen LogP contribution in [0, 0.1) is 6.92 Å². The first-order chi connectivity index (χ1) is 8.66. The highest BCUT2D eigenvalue weighted by atomic mass is 35.5. The van der Waals surface area contributed by atoms with Gasteiger partial charge in [0.2, 0.25) is 0 Å². The maximum Gasteiger partial charge on any atom is 0.254 e. The standard InChI is InChI=1S/C13H17ClN2OS/c1-9-6-12(14)11(8-15-9)13(17)16-7-10-4-2-3-5-18-10/h6,8,10H,2-5,7H2,1H3,(H,16,17). The molecule has 1 fully saturated rings. The lowest BCUT2D eigenvalue weighted by atomic mass is 10.2. The average molecular weight is 285 g/mol. The number of pyridine rings is 1. The molecular formula is C13H17ClN2OS. The van der Waals surface area contributed by atoms with E-state index in [1.807, 2.05) is 18.7 Å². The Bertz CT molecular complexity index is 433. The highest BCUT2D eigenvalue weighted by Gasteiger charge is 2.16. The van der Waals surface area contributed by atoms with Crippen molar-refractivity contribution >= 4 is 29.3 Å². The summed E-state index contributed by atoms with van der Waals surface area (Å²) in [6.07, 6.45) is 5.29. The summed E-state index contributed by atoms with van der Waals surface area (Å²) in [5.41, 5.74) is 1.28. The molecule has 1 amide bonds. The molecule has 2 heterocycles. The van der Waals surface area contributed by atoms with E-state index < -0.39 is 0 Å². The van der Waals surface area contributed by atoms with Crippen molar-refractivity contribution < 1.29 is 4.79 Å². The predicted octanol–water partition coefficient (Wildman–Crippen LogP) is 3.06. The normalized spacial score (nSPS) is 19.6. The molecule has 0 bridgehead atoms. The first-order valence-corrected chi connectivity index (χ1v) is 7.61. The average Bonchev–Trinajstić information content (AvgIpc) is 2.37. The zero-order chi connectivity index (χ0) is 13.0. The molecule has 0 aromatic carbocycles. The largest absolute Gasteiger partial charge is 0.351 e. The fraction of sp³-hybridized carbons (Fsp3) is 0.538. The van der Waals surface area contributed by atoms with Crippen LogP contribution in [-0.2, 0) is 0 Å². The second-order valence-corrected chi connectivity index (χ2v) is 6.32. The quantitative estimate of drug-likeness (QED) is 0.927. The molecule has 98 valence electrons. The number of carbonyl (C=O) groups is 1. The Labute approximate surface area is 117 Å². The molecule has 1 saturated heterocycles. The van der Waals surface area contributed by atoms with Crippen LogP contribution in [0.4, 0.5) is 0 Å². The number of rotatable bonds is 3. The van der Waals surface area contributed by atoms with E-state index in [0.717, 1.165) is 5.69 Å². The van der Waals surface area contributed by atoms with E-state index in [2.05, 4.69) is 10.3 Å². The number of aryl methyl sites for hydroxylation is 1. The Morgan fingerprint density at radius 3 is 3.11 bits per heavy atom. The number of aromatic nitrogens is 1. The monoisotopic (exact) mass is 284 g/mol. The highest BCUT2D eigenvalue weighted by Crippen LogP contribution is 2.24. The molecule has 1 aliphatic rings. The van der Waals surface area contributed by atoms with E-state index in [4.69, 9.17) is 11.6 Å². The van der Waals surface area contributed by atoms with Crippen LogP contribution in [0.25, 0.3) is 0 Å². The van der Waals surface area contributed by atoms with Gasteiger partial charge in [0.25, 0.3) is 5.91 Å². The number of carbonyl (C=O) groups excluding carboxylic acids is 1. The van der Waals surface area contributed by atoms with Crippen LogP contribution in [-0.4, -0.2) is 28.4 Å². The van der Waals surface area contributed by atoms with Gasteiger partial charge in [-0.1, -0.05) is 18.0 Å². The van der Waals surface area contributed by atoms with Crippen molar-refractivity contribution in [3.8, 4) is 0 Å². The van der Waals surface area contributed by atoms with Gasteiger partial charge in [-0.15, -0.1) is 0 Å². The van der Waals surface area contributed by atoms with Crippen LogP contribution in [0.5, 0.6) is 0 Å². The lowest BCUT2D eigenvalue weighted by molar-refractivity contribution is 0.0953. The van der Waals surface area contributed by atoms with Crippen LogP contribution >= 0.6 is 23.4 Å². The molecule has 3 nitrogen and oxygen atoms in total.